The highest BCUT2D eigenvalue weighted by atomic mass is 35.5. The lowest BCUT2D eigenvalue weighted by Gasteiger charge is -2.14. The molecule has 3 nitrogen and oxygen atoms in total. The van der Waals surface area contributed by atoms with Crippen LogP contribution in [-0.4, -0.2) is 16.7 Å². The number of allylic oxidation sites excluding steroid dienone is 1. The number of hydrogen-bond donors (Lipinski definition) is 1. The van der Waals surface area contributed by atoms with E-state index in [0.717, 1.165) is 6.08 Å². The maximum atomic E-state index is 13.0. The molecule has 3 aromatic carbocycles. The summed E-state index contributed by atoms with van der Waals surface area (Å²) in [6.07, 6.45) is 1.11. The first-order valence-corrected chi connectivity index (χ1v) is 8.78. The van der Waals surface area contributed by atoms with E-state index in [0.29, 0.717) is 21.7 Å². The van der Waals surface area contributed by atoms with E-state index in [1.54, 1.807) is 72.8 Å². The number of aliphatic hydroxyl groups is 1. The molecule has 0 aliphatic heterocycles. The Morgan fingerprint density at radius 3 is 1.93 bits per heavy atom. The SMILES string of the molecule is O=C(C=C(O)c1ccccc1)[C@@H](C(=O)c1ccc(Cl)cc1)c1ccccc1. The molecule has 0 heterocycles. The predicted molar refractivity (Wildman–Crippen MR) is 107 cm³/mol. The van der Waals surface area contributed by atoms with Crippen LogP contribution in [0.3, 0.4) is 0 Å². The monoisotopic (exact) mass is 376 g/mol. The molecule has 0 spiro atoms. The quantitative estimate of drug-likeness (QED) is 0.268. The van der Waals surface area contributed by atoms with E-state index >= 15 is 0 Å². The Morgan fingerprint density at radius 2 is 1.33 bits per heavy atom. The van der Waals surface area contributed by atoms with Crippen LogP contribution in [0.25, 0.3) is 5.76 Å². The van der Waals surface area contributed by atoms with Gasteiger partial charge in [0.15, 0.2) is 11.6 Å². The molecular formula is C23H17ClO3. The van der Waals surface area contributed by atoms with Crippen molar-refractivity contribution in [3.8, 4) is 0 Å². The molecule has 0 aliphatic rings. The number of hydrogen-bond acceptors (Lipinski definition) is 3. The minimum absolute atomic E-state index is 0.176. The van der Waals surface area contributed by atoms with Gasteiger partial charge in [-0.1, -0.05) is 72.3 Å². The fraction of sp³-hybridized carbons (Fsp3) is 0.0435. The second-order valence-corrected chi connectivity index (χ2v) is 6.45. The van der Waals surface area contributed by atoms with E-state index < -0.39 is 11.7 Å². The van der Waals surface area contributed by atoms with Crippen LogP contribution in [0, 0.1) is 0 Å². The van der Waals surface area contributed by atoms with Crippen LogP contribution >= 0.6 is 11.6 Å². The molecule has 134 valence electrons. The van der Waals surface area contributed by atoms with Crippen molar-refractivity contribution in [2.75, 3.05) is 0 Å². The van der Waals surface area contributed by atoms with Crippen LogP contribution in [-0.2, 0) is 4.79 Å². The summed E-state index contributed by atoms with van der Waals surface area (Å²) in [4.78, 5) is 26.0. The summed E-state index contributed by atoms with van der Waals surface area (Å²) in [5, 5.41) is 10.8. The number of halogens is 1. The van der Waals surface area contributed by atoms with Gasteiger partial charge in [-0.25, -0.2) is 0 Å². The lowest BCUT2D eigenvalue weighted by molar-refractivity contribution is -0.115. The van der Waals surface area contributed by atoms with Crippen molar-refractivity contribution in [3.63, 3.8) is 0 Å². The molecule has 0 aromatic heterocycles. The second kappa shape index (κ2) is 8.47. The normalized spacial score (nSPS) is 12.4. The molecule has 1 atom stereocenters. The zero-order valence-electron chi connectivity index (χ0n) is 14.4. The molecule has 0 saturated heterocycles. The summed E-state index contributed by atoms with van der Waals surface area (Å²) in [5.74, 6) is -2.05. The Hall–Kier alpha value is -3.17. The van der Waals surface area contributed by atoms with E-state index in [-0.39, 0.29) is 11.5 Å². The van der Waals surface area contributed by atoms with Gasteiger partial charge >= 0.3 is 0 Å². The van der Waals surface area contributed by atoms with Crippen LogP contribution in [0.15, 0.2) is 91.0 Å². The van der Waals surface area contributed by atoms with Gasteiger partial charge in [0.2, 0.25) is 0 Å². The highest BCUT2D eigenvalue weighted by Gasteiger charge is 2.28. The van der Waals surface area contributed by atoms with E-state index in [4.69, 9.17) is 11.6 Å². The summed E-state index contributed by atoms with van der Waals surface area (Å²) in [5.41, 5.74) is 1.46. The second-order valence-electron chi connectivity index (χ2n) is 6.01. The number of aliphatic hydroxyl groups excluding tert-OH is 1. The van der Waals surface area contributed by atoms with Gasteiger partial charge in [0, 0.05) is 22.2 Å². The maximum absolute atomic E-state index is 13.0. The van der Waals surface area contributed by atoms with Crippen molar-refractivity contribution in [2.24, 2.45) is 0 Å². The van der Waals surface area contributed by atoms with Crippen LogP contribution < -0.4 is 0 Å². The van der Waals surface area contributed by atoms with Crippen LogP contribution in [0.4, 0.5) is 0 Å². The van der Waals surface area contributed by atoms with Crippen molar-refractivity contribution in [2.45, 2.75) is 5.92 Å². The maximum Gasteiger partial charge on any atom is 0.178 e. The first-order chi connectivity index (χ1) is 13.1. The Kier molecular flexibility index (Phi) is 5.84. The number of benzene rings is 3. The number of carbonyl (C=O) groups is 2. The average molecular weight is 377 g/mol. The highest BCUT2D eigenvalue weighted by Crippen LogP contribution is 2.25. The number of carbonyl (C=O) groups excluding carboxylic acids is 2. The summed E-state index contributed by atoms with van der Waals surface area (Å²) in [7, 11) is 0. The molecule has 27 heavy (non-hydrogen) atoms. The van der Waals surface area contributed by atoms with Gasteiger partial charge in [0.1, 0.15) is 11.7 Å². The summed E-state index contributed by atoms with van der Waals surface area (Å²) in [6.45, 7) is 0. The molecule has 0 aliphatic carbocycles. The molecule has 0 radical (unpaired) electrons. The van der Waals surface area contributed by atoms with Gasteiger partial charge in [-0.05, 0) is 29.8 Å². The van der Waals surface area contributed by atoms with E-state index in [1.807, 2.05) is 12.1 Å². The minimum atomic E-state index is -1.04. The lowest BCUT2D eigenvalue weighted by Crippen LogP contribution is -2.21. The third-order valence-electron chi connectivity index (χ3n) is 4.16. The Labute approximate surface area is 162 Å². The molecule has 3 aromatic rings. The zero-order valence-corrected chi connectivity index (χ0v) is 15.1. The molecule has 0 saturated carbocycles. The summed E-state index contributed by atoms with van der Waals surface area (Å²) >= 11 is 5.89. The van der Waals surface area contributed by atoms with Crippen molar-refractivity contribution >= 4 is 28.9 Å². The van der Waals surface area contributed by atoms with E-state index in [1.165, 1.54) is 0 Å². The van der Waals surface area contributed by atoms with E-state index in [2.05, 4.69) is 0 Å². The smallest absolute Gasteiger partial charge is 0.178 e. The lowest BCUT2D eigenvalue weighted by atomic mass is 9.86. The molecule has 3 rings (SSSR count). The molecule has 4 heteroatoms. The van der Waals surface area contributed by atoms with Crippen LogP contribution in [0.1, 0.15) is 27.4 Å². The fourth-order valence-electron chi connectivity index (χ4n) is 2.78. The topological polar surface area (TPSA) is 54.4 Å². The van der Waals surface area contributed by atoms with Gasteiger partial charge in [0.05, 0.1) is 0 Å². The Balaban J connectivity index is 1.98. The molecule has 1 N–H and O–H groups in total. The zero-order chi connectivity index (χ0) is 19.2. The van der Waals surface area contributed by atoms with Gasteiger partial charge in [-0.3, -0.25) is 9.59 Å². The summed E-state index contributed by atoms with van der Waals surface area (Å²) in [6, 6.07) is 23.9. The van der Waals surface area contributed by atoms with Gasteiger partial charge in [-0.15, -0.1) is 0 Å². The first kappa shape index (κ1) is 18.6. The predicted octanol–water partition coefficient (Wildman–Crippen LogP) is 5.47. The standard InChI is InChI=1S/C23H17ClO3/c24-19-13-11-18(12-14-19)23(27)22(17-9-5-2-6-10-17)21(26)15-20(25)16-7-3-1-4-8-16/h1-15,22,25H/t22-/m0/s1. The number of rotatable bonds is 6. The molecular weight excluding hydrogens is 360 g/mol. The van der Waals surface area contributed by atoms with E-state index in [9.17, 15) is 14.7 Å². The summed E-state index contributed by atoms with van der Waals surface area (Å²) < 4.78 is 0. The van der Waals surface area contributed by atoms with Crippen molar-refractivity contribution < 1.29 is 14.7 Å². The largest absolute Gasteiger partial charge is 0.507 e. The van der Waals surface area contributed by atoms with Crippen molar-refractivity contribution in [1.82, 2.24) is 0 Å². The molecule has 0 amide bonds. The Morgan fingerprint density at radius 1 is 0.778 bits per heavy atom. The van der Waals surface area contributed by atoms with Crippen molar-refractivity contribution in [1.29, 1.82) is 0 Å². The molecule has 0 unspecified atom stereocenters. The van der Waals surface area contributed by atoms with Gasteiger partial charge in [-0.2, -0.15) is 0 Å². The molecule has 0 bridgehead atoms. The molecule has 0 fully saturated rings. The van der Waals surface area contributed by atoms with Crippen LogP contribution in [0.5, 0.6) is 0 Å². The first-order valence-electron chi connectivity index (χ1n) is 8.41. The minimum Gasteiger partial charge on any atom is -0.507 e. The Bertz CT molecular complexity index is 962. The van der Waals surface area contributed by atoms with Crippen LogP contribution in [0.2, 0.25) is 5.02 Å². The van der Waals surface area contributed by atoms with Gasteiger partial charge in [0.25, 0.3) is 0 Å². The third kappa shape index (κ3) is 4.52. The third-order valence-corrected chi connectivity index (χ3v) is 4.41. The van der Waals surface area contributed by atoms with Crippen molar-refractivity contribution in [3.05, 3.63) is 113 Å². The average Bonchev–Trinajstić information content (AvgIpc) is 2.70. The number of ketones is 2. The fourth-order valence-corrected chi connectivity index (χ4v) is 2.91. The highest BCUT2D eigenvalue weighted by molar-refractivity contribution is 6.30. The number of Topliss-reactive ketones (excluding diaryl/α,β-unsaturated/α-hetero) is 1. The van der Waals surface area contributed by atoms with Gasteiger partial charge < -0.3 is 5.11 Å².